The van der Waals surface area contributed by atoms with Crippen LogP contribution in [0.15, 0.2) is 24.3 Å². The van der Waals surface area contributed by atoms with Crippen molar-refractivity contribution in [3.05, 3.63) is 39.9 Å². The zero-order valence-electron chi connectivity index (χ0n) is 13.6. The van der Waals surface area contributed by atoms with Crippen molar-refractivity contribution in [2.75, 3.05) is 24.7 Å². The van der Waals surface area contributed by atoms with Gasteiger partial charge in [-0.3, -0.25) is 19.7 Å². The molecule has 8 nitrogen and oxygen atoms in total. The van der Waals surface area contributed by atoms with E-state index in [2.05, 4.69) is 10.6 Å². The van der Waals surface area contributed by atoms with Crippen molar-refractivity contribution >= 4 is 29.3 Å². The maximum atomic E-state index is 12.3. The number of nitro benzene ring substituents is 1. The minimum atomic E-state index is -0.477. The molecule has 0 spiro atoms. The van der Waals surface area contributed by atoms with Crippen LogP contribution >= 0.6 is 11.8 Å². The fourth-order valence-corrected chi connectivity index (χ4v) is 4.04. The van der Waals surface area contributed by atoms with Crippen LogP contribution in [0.3, 0.4) is 0 Å². The van der Waals surface area contributed by atoms with Gasteiger partial charge in [-0.05, 0) is 12.0 Å². The van der Waals surface area contributed by atoms with E-state index in [0.717, 1.165) is 18.2 Å². The lowest BCUT2D eigenvalue weighted by Gasteiger charge is -2.19. The number of amides is 2. The van der Waals surface area contributed by atoms with Crippen LogP contribution in [0.2, 0.25) is 0 Å². The summed E-state index contributed by atoms with van der Waals surface area (Å²) in [4.78, 5) is 36.7. The molecular weight excluding hydrogens is 344 g/mol. The Morgan fingerprint density at radius 2 is 2.28 bits per heavy atom. The van der Waals surface area contributed by atoms with Gasteiger partial charge >= 0.3 is 0 Å². The number of nitrogens with one attached hydrogen (secondary N) is 2. The molecule has 2 aliphatic rings. The molecule has 9 heteroatoms. The summed E-state index contributed by atoms with van der Waals surface area (Å²) >= 11 is 1.74. The van der Waals surface area contributed by atoms with Crippen molar-refractivity contribution in [3.63, 3.8) is 0 Å². The van der Waals surface area contributed by atoms with Gasteiger partial charge in [-0.2, -0.15) is 0 Å². The largest absolute Gasteiger partial charge is 0.352 e. The van der Waals surface area contributed by atoms with E-state index in [9.17, 15) is 19.7 Å². The zero-order valence-corrected chi connectivity index (χ0v) is 14.5. The highest BCUT2D eigenvalue weighted by molar-refractivity contribution is 7.99. The Morgan fingerprint density at radius 1 is 1.44 bits per heavy atom. The summed E-state index contributed by atoms with van der Waals surface area (Å²) in [5.41, 5.74) is 0.571. The Kier molecular flexibility index (Phi) is 5.54. The predicted molar refractivity (Wildman–Crippen MR) is 94.2 cm³/mol. The standard InChI is InChI=1S/C16H20N4O4S/c21-15(7-11-2-1-3-13(6-11)20(23)24)18-12-8-14(17-9-12)16(22)19-4-5-25-10-19/h1-3,6,12,14,17H,4-5,7-10H2,(H,18,21)/t12-,14-/m0/s1. The van der Waals surface area contributed by atoms with Crippen LogP contribution in [-0.2, 0) is 16.0 Å². The molecule has 2 saturated heterocycles. The molecule has 2 aliphatic heterocycles. The molecule has 3 rings (SSSR count). The van der Waals surface area contributed by atoms with Crippen LogP contribution in [0.25, 0.3) is 0 Å². The molecule has 134 valence electrons. The second-order valence-electron chi connectivity index (χ2n) is 6.20. The molecule has 2 heterocycles. The van der Waals surface area contributed by atoms with Gasteiger partial charge in [0, 0.05) is 37.0 Å². The van der Waals surface area contributed by atoms with Crippen molar-refractivity contribution in [2.45, 2.75) is 24.9 Å². The lowest BCUT2D eigenvalue weighted by molar-refractivity contribution is -0.384. The number of rotatable bonds is 5. The van der Waals surface area contributed by atoms with E-state index < -0.39 is 4.92 Å². The highest BCUT2D eigenvalue weighted by Crippen LogP contribution is 2.18. The monoisotopic (exact) mass is 364 g/mol. The summed E-state index contributed by atoms with van der Waals surface area (Å²) in [7, 11) is 0. The van der Waals surface area contributed by atoms with Gasteiger partial charge in [0.05, 0.1) is 23.3 Å². The second-order valence-corrected chi connectivity index (χ2v) is 7.28. The summed E-state index contributed by atoms with van der Waals surface area (Å²) < 4.78 is 0. The number of carbonyl (C=O) groups is 2. The van der Waals surface area contributed by atoms with Crippen LogP contribution in [0.1, 0.15) is 12.0 Å². The molecule has 1 aromatic carbocycles. The van der Waals surface area contributed by atoms with Crippen molar-refractivity contribution in [1.29, 1.82) is 0 Å². The van der Waals surface area contributed by atoms with Gasteiger partial charge in [-0.25, -0.2) is 0 Å². The third kappa shape index (κ3) is 4.49. The number of non-ortho nitro benzene ring substituents is 1. The number of hydrogen-bond donors (Lipinski definition) is 2. The minimum Gasteiger partial charge on any atom is -0.352 e. The number of thioether (sulfide) groups is 1. The number of carbonyl (C=O) groups excluding carboxylic acids is 2. The van der Waals surface area contributed by atoms with Crippen LogP contribution in [0.4, 0.5) is 5.69 Å². The van der Waals surface area contributed by atoms with Gasteiger partial charge < -0.3 is 15.5 Å². The summed E-state index contributed by atoms with van der Waals surface area (Å²) in [6.07, 6.45) is 0.653. The summed E-state index contributed by atoms with van der Waals surface area (Å²) in [6, 6.07) is 5.72. The second kappa shape index (κ2) is 7.83. The topological polar surface area (TPSA) is 105 Å². The van der Waals surface area contributed by atoms with Crippen LogP contribution in [0.5, 0.6) is 0 Å². The Hall–Kier alpha value is -2.13. The van der Waals surface area contributed by atoms with E-state index in [-0.39, 0.29) is 36.0 Å². The first-order valence-electron chi connectivity index (χ1n) is 8.15. The third-order valence-corrected chi connectivity index (χ3v) is 5.31. The van der Waals surface area contributed by atoms with Gasteiger partial charge in [-0.1, -0.05) is 12.1 Å². The number of hydrogen-bond acceptors (Lipinski definition) is 6. The average molecular weight is 364 g/mol. The Balaban J connectivity index is 1.49. The van der Waals surface area contributed by atoms with E-state index in [1.54, 1.807) is 23.9 Å². The molecule has 2 atom stereocenters. The normalized spacial score (nSPS) is 22.8. The number of nitro groups is 1. The van der Waals surface area contributed by atoms with Gasteiger partial charge in [0.25, 0.3) is 5.69 Å². The summed E-state index contributed by atoms with van der Waals surface area (Å²) in [5.74, 6) is 1.61. The fraction of sp³-hybridized carbons (Fsp3) is 0.500. The Bertz CT molecular complexity index is 678. The molecule has 25 heavy (non-hydrogen) atoms. The third-order valence-electron chi connectivity index (χ3n) is 4.34. The molecule has 2 amide bonds. The van der Waals surface area contributed by atoms with E-state index in [0.29, 0.717) is 18.5 Å². The van der Waals surface area contributed by atoms with E-state index in [1.165, 1.54) is 12.1 Å². The molecule has 1 aromatic rings. The molecule has 0 radical (unpaired) electrons. The smallest absolute Gasteiger partial charge is 0.269 e. The first-order valence-corrected chi connectivity index (χ1v) is 9.31. The highest BCUT2D eigenvalue weighted by Gasteiger charge is 2.33. The van der Waals surface area contributed by atoms with Gasteiger partial charge in [0.1, 0.15) is 0 Å². The zero-order chi connectivity index (χ0) is 17.8. The number of benzene rings is 1. The first-order chi connectivity index (χ1) is 12.0. The lowest BCUT2D eigenvalue weighted by atomic mass is 10.1. The molecule has 0 saturated carbocycles. The van der Waals surface area contributed by atoms with Gasteiger partial charge in [-0.15, -0.1) is 11.8 Å². The molecule has 0 unspecified atom stereocenters. The Labute approximate surface area is 149 Å². The highest BCUT2D eigenvalue weighted by atomic mass is 32.2. The summed E-state index contributed by atoms with van der Waals surface area (Å²) in [6.45, 7) is 1.34. The molecule has 0 bridgehead atoms. The molecular formula is C16H20N4O4S. The van der Waals surface area contributed by atoms with Crippen molar-refractivity contribution in [3.8, 4) is 0 Å². The Morgan fingerprint density at radius 3 is 3.00 bits per heavy atom. The fourth-order valence-electron chi connectivity index (χ4n) is 3.09. The van der Waals surface area contributed by atoms with Gasteiger partial charge in [0.2, 0.25) is 11.8 Å². The summed E-state index contributed by atoms with van der Waals surface area (Å²) in [5, 5.41) is 16.9. The maximum Gasteiger partial charge on any atom is 0.269 e. The maximum absolute atomic E-state index is 12.3. The SMILES string of the molecule is O=C(Cc1cccc([N+](=O)[O-])c1)N[C@@H]1CN[C@H](C(=O)N2CCSC2)C1. The molecule has 0 aromatic heterocycles. The van der Waals surface area contributed by atoms with E-state index in [4.69, 9.17) is 0 Å². The van der Waals surface area contributed by atoms with Crippen LogP contribution in [-0.4, -0.2) is 58.4 Å². The minimum absolute atomic E-state index is 0.0259. The molecule has 2 N–H and O–H groups in total. The van der Waals surface area contributed by atoms with Crippen LogP contribution in [0, 0.1) is 10.1 Å². The van der Waals surface area contributed by atoms with Crippen molar-refractivity contribution in [2.24, 2.45) is 0 Å². The van der Waals surface area contributed by atoms with E-state index >= 15 is 0 Å². The molecule has 0 aliphatic carbocycles. The van der Waals surface area contributed by atoms with Crippen molar-refractivity contribution in [1.82, 2.24) is 15.5 Å². The van der Waals surface area contributed by atoms with Crippen molar-refractivity contribution < 1.29 is 14.5 Å². The molecule has 2 fully saturated rings. The van der Waals surface area contributed by atoms with Gasteiger partial charge in [0.15, 0.2) is 0 Å². The quantitative estimate of drug-likeness (QED) is 0.583. The first kappa shape index (κ1) is 17.7. The van der Waals surface area contributed by atoms with E-state index in [1.807, 2.05) is 4.90 Å². The lowest BCUT2D eigenvalue weighted by Crippen LogP contribution is -2.42. The predicted octanol–water partition coefficient (Wildman–Crippen LogP) is 0.517. The average Bonchev–Trinajstić information content (AvgIpc) is 3.26. The number of nitrogens with zero attached hydrogens (tertiary/aromatic N) is 2. The van der Waals surface area contributed by atoms with Crippen LogP contribution < -0.4 is 10.6 Å².